The van der Waals surface area contributed by atoms with Gasteiger partial charge in [0.1, 0.15) is 5.69 Å². The predicted octanol–water partition coefficient (Wildman–Crippen LogP) is 2.71. The molecule has 0 aliphatic heterocycles. The Labute approximate surface area is 91.9 Å². The Morgan fingerprint density at radius 1 is 1.07 bits per heavy atom. The van der Waals surface area contributed by atoms with Crippen molar-refractivity contribution in [1.82, 2.24) is 0 Å². The number of rotatable bonds is 7. The third-order valence-electron chi connectivity index (χ3n) is 2.68. The van der Waals surface area contributed by atoms with Crippen LogP contribution in [0.1, 0.15) is 32.6 Å². The molecule has 1 N–H and O–H groups in total. The van der Waals surface area contributed by atoms with Gasteiger partial charge in [0.25, 0.3) is 0 Å². The number of para-hydroxylation sites is 1. The standard InChI is InChI=1S/C13H20FN/c1-2-3-4-8-11-15(12-14)13-9-6-5-7-10-13/h5-7,9-10H,2-4,8,11-12H2,1H3/p+1. The van der Waals surface area contributed by atoms with E-state index < -0.39 is 0 Å². The third kappa shape index (κ3) is 4.43. The first kappa shape index (κ1) is 12.2. The summed E-state index contributed by atoms with van der Waals surface area (Å²) in [7, 11) is 0. The number of halogens is 1. The summed E-state index contributed by atoms with van der Waals surface area (Å²) >= 11 is 0. The fourth-order valence-corrected chi connectivity index (χ4v) is 1.73. The average Bonchev–Trinajstić information content (AvgIpc) is 2.30. The second-order valence-electron chi connectivity index (χ2n) is 3.91. The highest BCUT2D eigenvalue weighted by Gasteiger charge is 2.09. The van der Waals surface area contributed by atoms with Crippen LogP contribution in [-0.4, -0.2) is 13.3 Å². The zero-order valence-electron chi connectivity index (χ0n) is 9.51. The molecule has 0 spiro atoms. The Morgan fingerprint density at radius 3 is 2.40 bits per heavy atom. The van der Waals surface area contributed by atoms with Crippen molar-refractivity contribution < 1.29 is 9.29 Å². The molecule has 2 heteroatoms. The highest BCUT2D eigenvalue weighted by atomic mass is 19.1. The van der Waals surface area contributed by atoms with Gasteiger partial charge >= 0.3 is 0 Å². The van der Waals surface area contributed by atoms with Crippen molar-refractivity contribution in [2.24, 2.45) is 0 Å². The quantitative estimate of drug-likeness (QED) is 0.521. The summed E-state index contributed by atoms with van der Waals surface area (Å²) < 4.78 is 12.8. The summed E-state index contributed by atoms with van der Waals surface area (Å²) in [6, 6.07) is 9.90. The Balaban J connectivity index is 2.36. The van der Waals surface area contributed by atoms with E-state index in [1.54, 1.807) is 0 Å². The van der Waals surface area contributed by atoms with E-state index in [1.807, 2.05) is 30.3 Å². The molecule has 1 nitrogen and oxygen atoms in total. The maximum atomic E-state index is 12.8. The first-order chi connectivity index (χ1) is 7.38. The molecule has 1 aromatic carbocycles. The molecule has 0 fully saturated rings. The third-order valence-corrected chi connectivity index (χ3v) is 2.68. The molecule has 0 radical (unpaired) electrons. The van der Waals surface area contributed by atoms with E-state index in [4.69, 9.17) is 0 Å². The van der Waals surface area contributed by atoms with E-state index in [1.165, 1.54) is 19.3 Å². The van der Waals surface area contributed by atoms with E-state index in [-0.39, 0.29) is 6.80 Å². The van der Waals surface area contributed by atoms with Gasteiger partial charge < -0.3 is 0 Å². The molecule has 1 unspecified atom stereocenters. The first-order valence-corrected chi connectivity index (χ1v) is 5.84. The van der Waals surface area contributed by atoms with Gasteiger partial charge in [0.2, 0.25) is 6.80 Å². The molecule has 0 aliphatic carbocycles. The van der Waals surface area contributed by atoms with Crippen LogP contribution in [-0.2, 0) is 0 Å². The number of hydrogen-bond acceptors (Lipinski definition) is 0. The lowest BCUT2D eigenvalue weighted by Crippen LogP contribution is -3.06. The molecule has 0 heterocycles. The number of nitrogens with one attached hydrogen (secondary N) is 1. The van der Waals surface area contributed by atoms with Crippen LogP contribution >= 0.6 is 0 Å². The molecule has 0 saturated heterocycles. The lowest BCUT2D eigenvalue weighted by atomic mass is 10.2. The fraction of sp³-hybridized carbons (Fsp3) is 0.538. The highest BCUT2D eigenvalue weighted by molar-refractivity contribution is 5.27. The zero-order valence-corrected chi connectivity index (χ0v) is 9.51. The maximum Gasteiger partial charge on any atom is 0.225 e. The molecular formula is C13H21FN+. The van der Waals surface area contributed by atoms with Crippen molar-refractivity contribution in [2.75, 3.05) is 13.3 Å². The highest BCUT2D eigenvalue weighted by Crippen LogP contribution is 2.00. The van der Waals surface area contributed by atoms with Crippen LogP contribution in [0.3, 0.4) is 0 Å². The molecule has 0 bridgehead atoms. The van der Waals surface area contributed by atoms with Crippen LogP contribution < -0.4 is 4.90 Å². The van der Waals surface area contributed by atoms with Gasteiger partial charge in [-0.3, -0.25) is 4.90 Å². The largest absolute Gasteiger partial charge is 0.276 e. The Hall–Kier alpha value is -0.890. The molecular weight excluding hydrogens is 189 g/mol. The number of hydrogen-bond donors (Lipinski definition) is 1. The molecule has 1 rings (SSSR count). The van der Waals surface area contributed by atoms with Crippen molar-refractivity contribution in [3.8, 4) is 0 Å². The van der Waals surface area contributed by atoms with Gasteiger partial charge in [-0.2, -0.15) is 4.39 Å². The first-order valence-electron chi connectivity index (χ1n) is 5.84. The summed E-state index contributed by atoms with van der Waals surface area (Å²) in [5.41, 5.74) is 1.07. The van der Waals surface area contributed by atoms with Gasteiger partial charge in [-0.15, -0.1) is 0 Å². The molecule has 0 amide bonds. The van der Waals surface area contributed by atoms with Crippen molar-refractivity contribution in [3.05, 3.63) is 30.3 Å². The second kappa shape index (κ2) is 7.41. The van der Waals surface area contributed by atoms with Crippen LogP contribution in [0.4, 0.5) is 10.1 Å². The second-order valence-corrected chi connectivity index (χ2v) is 3.91. The van der Waals surface area contributed by atoms with Crippen LogP contribution in [0.2, 0.25) is 0 Å². The van der Waals surface area contributed by atoms with E-state index >= 15 is 0 Å². The molecule has 15 heavy (non-hydrogen) atoms. The van der Waals surface area contributed by atoms with Gasteiger partial charge in [0.15, 0.2) is 0 Å². The summed E-state index contributed by atoms with van der Waals surface area (Å²) in [6.45, 7) is 2.79. The lowest BCUT2D eigenvalue weighted by molar-refractivity contribution is -0.847. The Bertz CT molecular complexity index is 248. The smallest absolute Gasteiger partial charge is 0.225 e. The monoisotopic (exact) mass is 210 g/mol. The van der Waals surface area contributed by atoms with Gasteiger partial charge in [0.05, 0.1) is 6.54 Å². The minimum absolute atomic E-state index is 0.309. The number of unbranched alkanes of at least 4 members (excludes halogenated alkanes) is 3. The van der Waals surface area contributed by atoms with Gasteiger partial charge in [-0.25, -0.2) is 0 Å². The Kier molecular flexibility index (Phi) is 6.02. The van der Waals surface area contributed by atoms with Gasteiger partial charge in [0, 0.05) is 0 Å². The normalized spacial score (nSPS) is 12.7. The molecule has 0 aromatic heterocycles. The van der Waals surface area contributed by atoms with Crippen LogP contribution in [0, 0.1) is 0 Å². The van der Waals surface area contributed by atoms with E-state index in [2.05, 4.69) is 6.92 Å². The van der Waals surface area contributed by atoms with E-state index in [9.17, 15) is 4.39 Å². The van der Waals surface area contributed by atoms with Crippen molar-refractivity contribution in [1.29, 1.82) is 0 Å². The minimum Gasteiger partial charge on any atom is -0.276 e. The van der Waals surface area contributed by atoms with E-state index in [0.717, 1.165) is 23.6 Å². The van der Waals surface area contributed by atoms with Crippen LogP contribution in [0.5, 0.6) is 0 Å². The number of quaternary nitrogens is 1. The molecule has 0 saturated carbocycles. The maximum absolute atomic E-state index is 12.8. The summed E-state index contributed by atoms with van der Waals surface area (Å²) in [6.07, 6.45) is 4.82. The number of benzene rings is 1. The number of alkyl halides is 1. The minimum atomic E-state index is -0.309. The fourth-order valence-electron chi connectivity index (χ4n) is 1.73. The Morgan fingerprint density at radius 2 is 1.80 bits per heavy atom. The van der Waals surface area contributed by atoms with Crippen LogP contribution in [0.25, 0.3) is 0 Å². The predicted molar refractivity (Wildman–Crippen MR) is 62.0 cm³/mol. The van der Waals surface area contributed by atoms with Crippen molar-refractivity contribution in [3.63, 3.8) is 0 Å². The van der Waals surface area contributed by atoms with Gasteiger partial charge in [-0.05, 0) is 25.0 Å². The summed E-state index contributed by atoms with van der Waals surface area (Å²) in [4.78, 5) is 0.951. The van der Waals surface area contributed by atoms with Crippen LogP contribution in [0.15, 0.2) is 30.3 Å². The lowest BCUT2D eigenvalue weighted by Gasteiger charge is -2.14. The van der Waals surface area contributed by atoms with Crippen molar-refractivity contribution >= 4 is 5.69 Å². The zero-order chi connectivity index (χ0) is 10.9. The summed E-state index contributed by atoms with van der Waals surface area (Å²) in [5.74, 6) is 0. The average molecular weight is 210 g/mol. The molecule has 0 aliphatic rings. The van der Waals surface area contributed by atoms with Crippen molar-refractivity contribution in [2.45, 2.75) is 32.6 Å². The van der Waals surface area contributed by atoms with E-state index in [0.29, 0.717) is 0 Å². The molecule has 1 atom stereocenters. The molecule has 1 aromatic rings. The SMILES string of the molecule is CCCCCC[NH+](CF)c1ccccc1. The topological polar surface area (TPSA) is 4.44 Å². The van der Waals surface area contributed by atoms with Gasteiger partial charge in [-0.1, -0.05) is 38.0 Å². The summed E-state index contributed by atoms with van der Waals surface area (Å²) in [5, 5.41) is 0. The molecule has 84 valence electrons.